The van der Waals surface area contributed by atoms with Crippen LogP contribution in [0.1, 0.15) is 25.6 Å². The number of aryl methyl sites for hydroxylation is 1. The Morgan fingerprint density at radius 2 is 1.66 bits per heavy atom. The van der Waals surface area contributed by atoms with Crippen LogP contribution in [0.4, 0.5) is 5.69 Å². The largest absolute Gasteiger partial charge is 0.477 e. The number of benzene rings is 2. The van der Waals surface area contributed by atoms with E-state index in [0.717, 1.165) is 23.2 Å². The number of hydrogen-bond acceptors (Lipinski definition) is 6. The first-order chi connectivity index (χ1) is 13.6. The lowest BCUT2D eigenvalue weighted by atomic mass is 10.1. The van der Waals surface area contributed by atoms with Gasteiger partial charge in [0.15, 0.2) is 9.84 Å². The molecule has 2 N–H and O–H groups in total. The van der Waals surface area contributed by atoms with Crippen molar-refractivity contribution >= 4 is 38.7 Å². The van der Waals surface area contributed by atoms with Gasteiger partial charge in [0.1, 0.15) is 10.6 Å². The van der Waals surface area contributed by atoms with Gasteiger partial charge in [-0.2, -0.15) is 0 Å². The minimum absolute atomic E-state index is 0.00744. The van der Waals surface area contributed by atoms with Gasteiger partial charge in [-0.25, -0.2) is 13.2 Å². The molecule has 7 nitrogen and oxygen atoms in total. The van der Waals surface area contributed by atoms with Crippen molar-refractivity contribution in [2.45, 2.75) is 11.8 Å². The Hall–Kier alpha value is -3.17. The molecule has 0 fully saturated rings. The smallest absolute Gasteiger partial charge is 0.346 e. The molecule has 0 radical (unpaired) electrons. The van der Waals surface area contributed by atoms with E-state index in [1.165, 1.54) is 30.3 Å². The number of carbonyl (C=O) groups is 2. The van der Waals surface area contributed by atoms with E-state index in [1.807, 2.05) is 6.92 Å². The van der Waals surface area contributed by atoms with E-state index in [2.05, 4.69) is 5.32 Å². The van der Waals surface area contributed by atoms with Crippen molar-refractivity contribution in [1.82, 2.24) is 0 Å². The summed E-state index contributed by atoms with van der Waals surface area (Å²) in [5.74, 6) is -1.25. The first-order valence-corrected chi connectivity index (χ1v) is 11.1. The second-order valence-electron chi connectivity index (χ2n) is 6.28. The first kappa shape index (κ1) is 20.6. The van der Waals surface area contributed by atoms with E-state index in [1.54, 1.807) is 24.3 Å². The Labute approximate surface area is 171 Å². The van der Waals surface area contributed by atoms with Crippen LogP contribution in [-0.2, 0) is 9.84 Å². The average Bonchev–Trinajstić information content (AvgIpc) is 3.04. The molecule has 3 aromatic rings. The summed E-state index contributed by atoms with van der Waals surface area (Å²) in [6.45, 7) is 1.90. The zero-order valence-electron chi connectivity index (χ0n) is 15.5. The molecule has 0 aliphatic carbocycles. The lowest BCUT2D eigenvalue weighted by molar-refractivity contribution is 0.0701. The number of aromatic carboxylic acids is 1. The van der Waals surface area contributed by atoms with Crippen molar-refractivity contribution in [2.75, 3.05) is 11.6 Å². The number of nitrogens with one attached hydrogen (secondary N) is 1. The third-order valence-electron chi connectivity index (χ3n) is 3.93. The summed E-state index contributed by atoms with van der Waals surface area (Å²) < 4.78 is 28.8. The summed E-state index contributed by atoms with van der Waals surface area (Å²) in [6, 6.07) is 13.9. The predicted molar refractivity (Wildman–Crippen MR) is 110 cm³/mol. The topological polar surface area (TPSA) is 110 Å². The molecule has 0 saturated carbocycles. The number of thiophene rings is 1. The molecule has 0 saturated heterocycles. The molecule has 9 heteroatoms. The highest BCUT2D eigenvalue weighted by molar-refractivity contribution is 7.90. The van der Waals surface area contributed by atoms with Crippen LogP contribution in [0.25, 0.3) is 0 Å². The number of carboxylic acid groups (broad SMARTS) is 1. The van der Waals surface area contributed by atoms with E-state index in [0.29, 0.717) is 11.3 Å². The molecule has 0 bridgehead atoms. The standard InChI is InChI=1S/C20H17NO6S2/c1-12-3-5-13(6-4-12)18(22)21-16-11-17(19(23)24)28-20(16)27-14-7-9-15(10-8-14)29(2,25)26/h3-11H,1-2H3,(H,21,22)(H,23,24). The molecule has 1 amide bonds. The van der Waals surface area contributed by atoms with Gasteiger partial charge in [0.2, 0.25) is 5.06 Å². The third kappa shape index (κ3) is 5.01. The number of carboxylic acids is 1. The minimum atomic E-state index is -3.35. The highest BCUT2D eigenvalue weighted by Crippen LogP contribution is 2.39. The molecule has 0 aliphatic rings. The van der Waals surface area contributed by atoms with E-state index < -0.39 is 21.7 Å². The molecule has 2 aromatic carbocycles. The Bertz CT molecular complexity index is 1160. The van der Waals surface area contributed by atoms with Crippen LogP contribution in [-0.4, -0.2) is 31.7 Å². The Morgan fingerprint density at radius 1 is 1.03 bits per heavy atom. The molecule has 150 valence electrons. The Morgan fingerprint density at radius 3 is 2.21 bits per heavy atom. The highest BCUT2D eigenvalue weighted by Gasteiger charge is 2.19. The monoisotopic (exact) mass is 431 g/mol. The summed E-state index contributed by atoms with van der Waals surface area (Å²) in [7, 11) is -3.35. The van der Waals surface area contributed by atoms with Crippen LogP contribution >= 0.6 is 11.3 Å². The number of ether oxygens (including phenoxy) is 1. The number of hydrogen-bond donors (Lipinski definition) is 2. The molecule has 1 aromatic heterocycles. The molecule has 3 rings (SSSR count). The average molecular weight is 431 g/mol. The van der Waals surface area contributed by atoms with Crippen molar-refractivity contribution in [3.63, 3.8) is 0 Å². The van der Waals surface area contributed by atoms with Gasteiger partial charge in [-0.1, -0.05) is 29.0 Å². The molecular formula is C20H17NO6S2. The fourth-order valence-electron chi connectivity index (χ4n) is 2.40. The van der Waals surface area contributed by atoms with E-state index in [-0.39, 0.29) is 20.5 Å². The van der Waals surface area contributed by atoms with Gasteiger partial charge in [0, 0.05) is 11.8 Å². The highest BCUT2D eigenvalue weighted by atomic mass is 32.2. The molecule has 1 heterocycles. The maximum Gasteiger partial charge on any atom is 0.346 e. The second-order valence-corrected chi connectivity index (χ2v) is 9.31. The first-order valence-electron chi connectivity index (χ1n) is 8.36. The van der Waals surface area contributed by atoms with Crippen molar-refractivity contribution in [1.29, 1.82) is 0 Å². The van der Waals surface area contributed by atoms with Crippen LogP contribution < -0.4 is 10.1 Å². The van der Waals surface area contributed by atoms with Crippen LogP contribution in [0, 0.1) is 6.92 Å². The predicted octanol–water partition coefficient (Wildman–Crippen LogP) is 4.20. The Kier molecular flexibility index (Phi) is 5.71. The fraction of sp³-hybridized carbons (Fsp3) is 0.100. The minimum Gasteiger partial charge on any atom is -0.477 e. The number of amides is 1. The van der Waals surface area contributed by atoms with Crippen molar-refractivity contribution in [3.8, 4) is 10.8 Å². The summed E-state index contributed by atoms with van der Waals surface area (Å²) in [6.07, 6.45) is 1.10. The van der Waals surface area contributed by atoms with Crippen molar-refractivity contribution in [2.24, 2.45) is 0 Å². The van der Waals surface area contributed by atoms with E-state index in [4.69, 9.17) is 4.74 Å². The normalized spacial score (nSPS) is 11.1. The lowest BCUT2D eigenvalue weighted by Gasteiger charge is -2.09. The van der Waals surface area contributed by atoms with Gasteiger partial charge in [-0.05, 0) is 49.4 Å². The van der Waals surface area contributed by atoms with Crippen LogP contribution in [0.15, 0.2) is 59.5 Å². The van der Waals surface area contributed by atoms with E-state index >= 15 is 0 Å². The van der Waals surface area contributed by atoms with Gasteiger partial charge in [0.05, 0.1) is 10.6 Å². The maximum absolute atomic E-state index is 12.5. The summed E-state index contributed by atoms with van der Waals surface area (Å²) in [5.41, 5.74) is 1.64. The van der Waals surface area contributed by atoms with E-state index in [9.17, 15) is 23.1 Å². The zero-order chi connectivity index (χ0) is 21.2. The molecule has 0 aliphatic heterocycles. The molecule has 0 spiro atoms. The van der Waals surface area contributed by atoms with Gasteiger partial charge in [0.25, 0.3) is 5.91 Å². The summed E-state index contributed by atoms with van der Waals surface area (Å²) in [5, 5.41) is 12.1. The number of anilines is 1. The Balaban J connectivity index is 1.87. The summed E-state index contributed by atoms with van der Waals surface area (Å²) >= 11 is 0.857. The molecule has 29 heavy (non-hydrogen) atoms. The number of carbonyl (C=O) groups excluding carboxylic acids is 1. The molecular weight excluding hydrogens is 414 g/mol. The van der Waals surface area contributed by atoms with Crippen LogP contribution in [0.2, 0.25) is 0 Å². The SMILES string of the molecule is Cc1ccc(C(=O)Nc2cc(C(=O)O)sc2Oc2ccc(S(C)(=O)=O)cc2)cc1. The van der Waals surface area contributed by atoms with Crippen molar-refractivity contribution in [3.05, 3.63) is 70.6 Å². The van der Waals surface area contributed by atoms with Gasteiger partial charge in [-0.3, -0.25) is 4.79 Å². The van der Waals surface area contributed by atoms with Gasteiger partial charge in [-0.15, -0.1) is 0 Å². The zero-order valence-corrected chi connectivity index (χ0v) is 17.1. The summed E-state index contributed by atoms with van der Waals surface area (Å²) in [4.78, 5) is 24.0. The number of rotatable bonds is 6. The van der Waals surface area contributed by atoms with Crippen LogP contribution in [0.3, 0.4) is 0 Å². The molecule has 0 unspecified atom stereocenters. The molecule has 0 atom stereocenters. The number of sulfone groups is 1. The van der Waals surface area contributed by atoms with Crippen molar-refractivity contribution < 1.29 is 27.9 Å². The third-order valence-corrected chi connectivity index (χ3v) is 6.06. The van der Waals surface area contributed by atoms with Gasteiger partial charge < -0.3 is 15.2 Å². The maximum atomic E-state index is 12.5. The fourth-order valence-corrected chi connectivity index (χ4v) is 3.86. The quantitative estimate of drug-likeness (QED) is 0.605. The lowest BCUT2D eigenvalue weighted by Crippen LogP contribution is -2.11. The van der Waals surface area contributed by atoms with Gasteiger partial charge >= 0.3 is 5.97 Å². The van der Waals surface area contributed by atoms with Crippen LogP contribution in [0.5, 0.6) is 10.8 Å². The second kappa shape index (κ2) is 8.06.